The van der Waals surface area contributed by atoms with Gasteiger partial charge in [0, 0.05) is 6.42 Å². The SMILES string of the molecule is Nc1ncc(Cc2ccc3c(c2)OCO3)o1. The van der Waals surface area contributed by atoms with Crippen LogP contribution in [0.15, 0.2) is 28.8 Å². The second kappa shape index (κ2) is 3.44. The van der Waals surface area contributed by atoms with E-state index in [9.17, 15) is 0 Å². The minimum Gasteiger partial charge on any atom is -0.454 e. The molecule has 1 aromatic carbocycles. The van der Waals surface area contributed by atoms with E-state index in [1.165, 1.54) is 0 Å². The first kappa shape index (κ1) is 9.08. The van der Waals surface area contributed by atoms with Gasteiger partial charge in [0.15, 0.2) is 11.5 Å². The Hall–Kier alpha value is -2.17. The fourth-order valence-corrected chi connectivity index (χ4v) is 1.66. The van der Waals surface area contributed by atoms with Crippen LogP contribution in [-0.2, 0) is 6.42 Å². The maximum absolute atomic E-state index is 5.40. The number of hydrogen-bond donors (Lipinski definition) is 1. The van der Waals surface area contributed by atoms with E-state index in [0.717, 1.165) is 22.8 Å². The number of aromatic nitrogens is 1. The Kier molecular flexibility index (Phi) is 1.96. The van der Waals surface area contributed by atoms with Gasteiger partial charge in [0.2, 0.25) is 6.79 Å². The van der Waals surface area contributed by atoms with Gasteiger partial charge in [-0.2, -0.15) is 0 Å². The van der Waals surface area contributed by atoms with Crippen LogP contribution in [-0.4, -0.2) is 11.8 Å². The average molecular weight is 218 g/mol. The molecule has 82 valence electrons. The zero-order chi connectivity index (χ0) is 11.0. The first-order valence-electron chi connectivity index (χ1n) is 4.90. The molecule has 0 unspecified atom stereocenters. The Balaban J connectivity index is 1.85. The van der Waals surface area contributed by atoms with Crippen molar-refractivity contribution in [3.8, 4) is 11.5 Å². The first-order valence-corrected chi connectivity index (χ1v) is 4.90. The van der Waals surface area contributed by atoms with Crippen LogP contribution in [0.25, 0.3) is 0 Å². The van der Waals surface area contributed by atoms with E-state index in [1.54, 1.807) is 6.20 Å². The highest BCUT2D eigenvalue weighted by Crippen LogP contribution is 2.33. The number of nitrogen functional groups attached to an aromatic ring is 1. The van der Waals surface area contributed by atoms with Crippen LogP contribution < -0.4 is 15.2 Å². The molecule has 16 heavy (non-hydrogen) atoms. The van der Waals surface area contributed by atoms with Crippen LogP contribution in [0.4, 0.5) is 6.01 Å². The molecule has 0 saturated carbocycles. The van der Waals surface area contributed by atoms with Crippen molar-refractivity contribution in [1.29, 1.82) is 0 Å². The lowest BCUT2D eigenvalue weighted by atomic mass is 10.1. The molecule has 0 aliphatic carbocycles. The predicted octanol–water partition coefficient (Wildman–Crippen LogP) is 1.58. The zero-order valence-corrected chi connectivity index (χ0v) is 8.47. The highest BCUT2D eigenvalue weighted by molar-refractivity contribution is 5.45. The van der Waals surface area contributed by atoms with Crippen molar-refractivity contribution in [3.05, 3.63) is 35.7 Å². The van der Waals surface area contributed by atoms with E-state index in [1.807, 2.05) is 18.2 Å². The molecule has 1 aromatic heterocycles. The summed E-state index contributed by atoms with van der Waals surface area (Å²) in [4.78, 5) is 3.84. The molecular formula is C11H10N2O3. The molecule has 3 rings (SSSR count). The zero-order valence-electron chi connectivity index (χ0n) is 8.47. The van der Waals surface area contributed by atoms with Gasteiger partial charge >= 0.3 is 0 Å². The summed E-state index contributed by atoms with van der Waals surface area (Å²) in [7, 11) is 0. The van der Waals surface area contributed by atoms with Crippen LogP contribution in [0.1, 0.15) is 11.3 Å². The Morgan fingerprint density at radius 3 is 2.94 bits per heavy atom. The number of fused-ring (bicyclic) bond motifs is 1. The highest BCUT2D eigenvalue weighted by Gasteiger charge is 2.13. The molecule has 0 fully saturated rings. The van der Waals surface area contributed by atoms with Gasteiger partial charge in [-0.1, -0.05) is 6.07 Å². The molecule has 0 radical (unpaired) electrons. The van der Waals surface area contributed by atoms with Crippen LogP contribution in [0.2, 0.25) is 0 Å². The lowest BCUT2D eigenvalue weighted by Gasteiger charge is -2.00. The van der Waals surface area contributed by atoms with Crippen molar-refractivity contribution in [1.82, 2.24) is 4.98 Å². The second-order valence-electron chi connectivity index (χ2n) is 3.53. The van der Waals surface area contributed by atoms with E-state index in [2.05, 4.69) is 4.98 Å². The number of oxazole rings is 1. The molecule has 1 aliphatic rings. The summed E-state index contributed by atoms with van der Waals surface area (Å²) in [5.41, 5.74) is 6.47. The van der Waals surface area contributed by atoms with Gasteiger partial charge in [-0.05, 0) is 17.7 Å². The van der Waals surface area contributed by atoms with Crippen molar-refractivity contribution in [3.63, 3.8) is 0 Å². The average Bonchev–Trinajstić information content (AvgIpc) is 2.87. The molecule has 0 amide bonds. The molecule has 0 atom stereocenters. The monoisotopic (exact) mass is 218 g/mol. The summed E-state index contributed by atoms with van der Waals surface area (Å²) in [6.07, 6.45) is 2.26. The predicted molar refractivity (Wildman–Crippen MR) is 56.3 cm³/mol. The van der Waals surface area contributed by atoms with E-state index in [4.69, 9.17) is 19.6 Å². The van der Waals surface area contributed by atoms with Crippen molar-refractivity contribution < 1.29 is 13.9 Å². The number of nitrogens with two attached hydrogens (primary N) is 1. The molecular weight excluding hydrogens is 208 g/mol. The molecule has 0 saturated heterocycles. The van der Waals surface area contributed by atoms with E-state index in [0.29, 0.717) is 6.42 Å². The fourth-order valence-electron chi connectivity index (χ4n) is 1.66. The van der Waals surface area contributed by atoms with Crippen molar-refractivity contribution in [2.24, 2.45) is 0 Å². The second-order valence-corrected chi connectivity index (χ2v) is 3.53. The standard InChI is InChI=1S/C11H10N2O3/c12-11-13-5-8(16-11)3-7-1-2-9-10(4-7)15-6-14-9/h1-2,4-5H,3,6H2,(H2,12,13). The summed E-state index contributed by atoms with van der Waals surface area (Å²) >= 11 is 0. The topological polar surface area (TPSA) is 70.5 Å². The number of benzene rings is 1. The summed E-state index contributed by atoms with van der Waals surface area (Å²) in [6.45, 7) is 0.286. The van der Waals surface area contributed by atoms with Crippen LogP contribution >= 0.6 is 0 Å². The van der Waals surface area contributed by atoms with Crippen molar-refractivity contribution in [2.45, 2.75) is 6.42 Å². The van der Waals surface area contributed by atoms with E-state index >= 15 is 0 Å². The molecule has 0 spiro atoms. The third-order valence-corrected chi connectivity index (χ3v) is 2.39. The third-order valence-electron chi connectivity index (χ3n) is 2.39. The summed E-state index contributed by atoms with van der Waals surface area (Å²) in [5.74, 6) is 2.28. The summed E-state index contributed by atoms with van der Waals surface area (Å²) in [5, 5.41) is 0. The Morgan fingerprint density at radius 2 is 2.12 bits per heavy atom. The summed E-state index contributed by atoms with van der Waals surface area (Å²) < 4.78 is 15.7. The van der Waals surface area contributed by atoms with Gasteiger partial charge < -0.3 is 19.6 Å². The smallest absolute Gasteiger partial charge is 0.292 e. The number of nitrogens with zero attached hydrogens (tertiary/aromatic N) is 1. The van der Waals surface area contributed by atoms with Gasteiger partial charge in [-0.3, -0.25) is 0 Å². The lowest BCUT2D eigenvalue weighted by Crippen LogP contribution is -1.93. The van der Waals surface area contributed by atoms with Gasteiger partial charge in [0.25, 0.3) is 6.01 Å². The van der Waals surface area contributed by atoms with Gasteiger partial charge in [0.05, 0.1) is 6.20 Å². The van der Waals surface area contributed by atoms with Crippen LogP contribution in [0.3, 0.4) is 0 Å². The van der Waals surface area contributed by atoms with Crippen LogP contribution in [0, 0.1) is 0 Å². The molecule has 2 N–H and O–H groups in total. The fraction of sp³-hybridized carbons (Fsp3) is 0.182. The molecule has 2 aromatic rings. The van der Waals surface area contributed by atoms with E-state index in [-0.39, 0.29) is 12.8 Å². The third kappa shape index (κ3) is 1.56. The Morgan fingerprint density at radius 1 is 1.25 bits per heavy atom. The minimum atomic E-state index is 0.191. The first-order chi connectivity index (χ1) is 7.81. The molecule has 2 heterocycles. The molecule has 1 aliphatic heterocycles. The van der Waals surface area contributed by atoms with Gasteiger partial charge in [-0.25, -0.2) is 4.98 Å². The maximum atomic E-state index is 5.40. The van der Waals surface area contributed by atoms with Crippen LogP contribution in [0.5, 0.6) is 11.5 Å². The normalized spacial score (nSPS) is 13.0. The number of ether oxygens (including phenoxy) is 2. The molecule has 0 bridgehead atoms. The highest BCUT2D eigenvalue weighted by atomic mass is 16.7. The quantitative estimate of drug-likeness (QED) is 0.828. The lowest BCUT2D eigenvalue weighted by molar-refractivity contribution is 0.174. The Labute approximate surface area is 91.8 Å². The largest absolute Gasteiger partial charge is 0.454 e. The minimum absolute atomic E-state index is 0.191. The summed E-state index contributed by atoms with van der Waals surface area (Å²) in [6, 6.07) is 5.97. The maximum Gasteiger partial charge on any atom is 0.292 e. The van der Waals surface area contributed by atoms with Gasteiger partial charge in [0.1, 0.15) is 5.76 Å². The number of hydrogen-bond acceptors (Lipinski definition) is 5. The van der Waals surface area contributed by atoms with Gasteiger partial charge in [-0.15, -0.1) is 0 Å². The van der Waals surface area contributed by atoms with Crippen molar-refractivity contribution >= 4 is 6.01 Å². The molecule has 5 nitrogen and oxygen atoms in total. The number of rotatable bonds is 2. The molecule has 5 heteroatoms. The van der Waals surface area contributed by atoms with Crippen molar-refractivity contribution in [2.75, 3.05) is 12.5 Å². The van der Waals surface area contributed by atoms with E-state index < -0.39 is 0 Å². The number of anilines is 1. The Bertz CT molecular complexity index is 522.